The van der Waals surface area contributed by atoms with E-state index in [4.69, 9.17) is 19.3 Å². The van der Waals surface area contributed by atoms with E-state index in [1.54, 1.807) is 37.6 Å². The van der Waals surface area contributed by atoms with E-state index in [2.05, 4.69) is 10.1 Å². The number of hydrogen-bond acceptors (Lipinski definition) is 8. The molecule has 0 N–H and O–H groups in total. The van der Waals surface area contributed by atoms with Crippen LogP contribution in [0.2, 0.25) is 0 Å². The fraction of sp³-hybridized carbons (Fsp3) is 0.292. The molecule has 0 spiro atoms. The minimum atomic E-state index is -0.580. The van der Waals surface area contributed by atoms with Gasteiger partial charge >= 0.3 is 0 Å². The minimum Gasteiger partial charge on any atom is -0.497 e. The van der Waals surface area contributed by atoms with Crippen LogP contribution in [0.4, 0.5) is 5.69 Å². The van der Waals surface area contributed by atoms with Gasteiger partial charge in [0.2, 0.25) is 11.8 Å². The van der Waals surface area contributed by atoms with Crippen molar-refractivity contribution >= 4 is 34.2 Å². The van der Waals surface area contributed by atoms with Crippen LogP contribution in [0.25, 0.3) is 11.0 Å². The number of carbonyl (C=O) groups is 2. The molecule has 6 atom stereocenters. The Kier molecular flexibility index (Phi) is 3.73. The van der Waals surface area contributed by atoms with Gasteiger partial charge in [-0.2, -0.15) is 0 Å². The number of para-hydroxylation sites is 2. The van der Waals surface area contributed by atoms with E-state index in [0.717, 1.165) is 11.0 Å². The Hall–Kier alpha value is -3.85. The van der Waals surface area contributed by atoms with Crippen LogP contribution >= 0.6 is 0 Å². The summed E-state index contributed by atoms with van der Waals surface area (Å²) in [5.41, 5.74) is 3.28. The predicted molar refractivity (Wildman–Crippen MR) is 116 cm³/mol. The van der Waals surface area contributed by atoms with Crippen LogP contribution in [0.3, 0.4) is 0 Å². The van der Waals surface area contributed by atoms with Gasteiger partial charge in [-0.25, -0.2) is 9.88 Å². The molecule has 4 aliphatic heterocycles. The van der Waals surface area contributed by atoms with Gasteiger partial charge in [0, 0.05) is 0 Å². The number of aromatic nitrogens is 2. The van der Waals surface area contributed by atoms with Crippen molar-refractivity contribution in [3.63, 3.8) is 0 Å². The molecule has 3 aromatic rings. The highest BCUT2D eigenvalue weighted by Gasteiger charge is 2.72. The van der Waals surface area contributed by atoms with Gasteiger partial charge in [-0.3, -0.25) is 14.6 Å². The number of nitrogens with zero attached hydrogens (tertiary/aromatic N) is 4. The van der Waals surface area contributed by atoms with Crippen molar-refractivity contribution < 1.29 is 23.9 Å². The summed E-state index contributed by atoms with van der Waals surface area (Å²) in [7, 11) is 1.57. The van der Waals surface area contributed by atoms with E-state index in [0.29, 0.717) is 22.8 Å². The molecule has 0 radical (unpaired) electrons. The number of fused-ring (bicyclic) bond motifs is 9. The number of amides is 2. The first-order valence-electron chi connectivity index (χ1n) is 10.8. The number of imide groups is 1. The van der Waals surface area contributed by atoms with Gasteiger partial charge in [-0.05, 0) is 36.4 Å². The molecule has 0 saturated carbocycles. The van der Waals surface area contributed by atoms with Crippen LogP contribution in [0.1, 0.15) is 5.69 Å². The molecule has 33 heavy (non-hydrogen) atoms. The number of anilines is 1. The molecule has 3 fully saturated rings. The Morgan fingerprint density at radius 1 is 0.879 bits per heavy atom. The lowest BCUT2D eigenvalue weighted by molar-refractivity contribution is -0.125. The maximum Gasteiger partial charge on any atom is 0.240 e. The average Bonchev–Trinajstić information content (AvgIpc) is 3.59. The Morgan fingerprint density at radius 2 is 1.61 bits per heavy atom. The van der Waals surface area contributed by atoms with Crippen molar-refractivity contribution in [2.24, 2.45) is 22.9 Å². The zero-order chi connectivity index (χ0) is 22.3. The molecule has 4 aliphatic rings. The molecule has 5 heterocycles. The molecule has 9 heteroatoms. The molecule has 0 unspecified atom stereocenters. The third-order valence-corrected chi connectivity index (χ3v) is 7.08. The smallest absolute Gasteiger partial charge is 0.240 e. The summed E-state index contributed by atoms with van der Waals surface area (Å²) < 4.78 is 11.4. The van der Waals surface area contributed by atoms with Crippen molar-refractivity contribution in [2.45, 2.75) is 18.3 Å². The molecule has 2 amide bonds. The summed E-state index contributed by atoms with van der Waals surface area (Å²) in [5, 5.41) is 4.30. The molecule has 9 nitrogen and oxygen atoms in total. The Labute approximate surface area is 188 Å². The lowest BCUT2D eigenvalue weighted by Gasteiger charge is -2.25. The van der Waals surface area contributed by atoms with Crippen LogP contribution < -0.4 is 9.64 Å². The Bertz CT molecular complexity index is 1360. The Morgan fingerprint density at radius 3 is 2.36 bits per heavy atom. The van der Waals surface area contributed by atoms with Crippen LogP contribution in [-0.2, 0) is 19.2 Å². The van der Waals surface area contributed by atoms with Crippen molar-refractivity contribution in [3.05, 3.63) is 60.4 Å². The van der Waals surface area contributed by atoms with Crippen LogP contribution in [-0.4, -0.2) is 52.9 Å². The van der Waals surface area contributed by atoms with Crippen LogP contribution in [0.5, 0.6) is 5.75 Å². The average molecular weight is 442 g/mol. The second-order valence-corrected chi connectivity index (χ2v) is 8.64. The molecular formula is C24H18N4O5. The minimum absolute atomic E-state index is 0.253. The number of ether oxygens (including phenoxy) is 2. The lowest BCUT2D eigenvalue weighted by Crippen LogP contribution is -2.45. The first-order valence-corrected chi connectivity index (χ1v) is 10.8. The summed E-state index contributed by atoms with van der Waals surface area (Å²) >= 11 is 0. The summed E-state index contributed by atoms with van der Waals surface area (Å²) in [4.78, 5) is 42.9. The zero-order valence-corrected chi connectivity index (χ0v) is 17.5. The molecular weight excluding hydrogens is 424 g/mol. The highest BCUT2D eigenvalue weighted by Crippen LogP contribution is 2.55. The monoisotopic (exact) mass is 442 g/mol. The van der Waals surface area contributed by atoms with Crippen molar-refractivity contribution in [3.8, 4) is 5.75 Å². The van der Waals surface area contributed by atoms with E-state index in [1.807, 2.05) is 24.3 Å². The Balaban J connectivity index is 1.23. The molecule has 1 aromatic heterocycles. The zero-order valence-electron chi connectivity index (χ0n) is 17.5. The second kappa shape index (κ2) is 6.58. The van der Waals surface area contributed by atoms with E-state index >= 15 is 0 Å². The third kappa shape index (κ3) is 2.42. The summed E-state index contributed by atoms with van der Waals surface area (Å²) in [6, 6.07) is 14.5. The van der Waals surface area contributed by atoms with Crippen molar-refractivity contribution in [1.82, 2.24) is 9.97 Å². The third-order valence-electron chi connectivity index (χ3n) is 7.08. The largest absolute Gasteiger partial charge is 0.497 e. The standard InChI is InChI=1S/C24H18N4O5/c1-31-12-8-6-11(7-9-12)28-23(29)16-17(24(28)30)21-22-18(20(16)32-21)19(27-33-22)15-10-25-13-4-2-3-5-14(13)26-15/h2-10,16-18,20-22H,1H3/t16-,17+,18-,20-,21+,22-/m1/s1. The van der Waals surface area contributed by atoms with E-state index < -0.39 is 30.1 Å². The van der Waals surface area contributed by atoms with Crippen molar-refractivity contribution in [2.75, 3.05) is 12.0 Å². The number of benzene rings is 2. The lowest BCUT2D eigenvalue weighted by atomic mass is 9.72. The maximum absolute atomic E-state index is 13.4. The first kappa shape index (κ1) is 18.7. The van der Waals surface area contributed by atoms with Gasteiger partial charge in [0.05, 0.1) is 53.9 Å². The van der Waals surface area contributed by atoms with E-state index in [1.165, 1.54) is 4.90 Å². The van der Waals surface area contributed by atoms with Crippen LogP contribution in [0.15, 0.2) is 59.9 Å². The maximum atomic E-state index is 13.4. The summed E-state index contributed by atoms with van der Waals surface area (Å²) in [6.07, 6.45) is 0.215. The highest BCUT2D eigenvalue weighted by atomic mass is 16.7. The van der Waals surface area contributed by atoms with Gasteiger partial charge in [0.15, 0.2) is 6.10 Å². The summed E-state index contributed by atoms with van der Waals surface area (Å²) in [5.74, 6) is -1.30. The highest BCUT2D eigenvalue weighted by molar-refractivity contribution is 6.23. The van der Waals surface area contributed by atoms with Crippen LogP contribution in [0, 0.1) is 17.8 Å². The van der Waals surface area contributed by atoms with E-state index in [-0.39, 0.29) is 17.7 Å². The molecule has 0 aliphatic carbocycles. The van der Waals surface area contributed by atoms with Crippen molar-refractivity contribution in [1.29, 1.82) is 0 Å². The van der Waals surface area contributed by atoms with Gasteiger partial charge in [0.25, 0.3) is 0 Å². The molecule has 2 aromatic carbocycles. The fourth-order valence-corrected chi connectivity index (χ4v) is 5.63. The number of methoxy groups -OCH3 is 1. The SMILES string of the molecule is COc1ccc(N2C(=O)[C@@H]3[C@@H]4O[C@@H]([C@H]5C(c6cnc7ccccc7n6)=NO[C@@H]45)[C@@H]3C2=O)cc1. The normalized spacial score (nSPS) is 31.5. The molecule has 2 bridgehead atoms. The predicted octanol–water partition coefficient (Wildman–Crippen LogP) is 1.94. The molecule has 7 rings (SSSR count). The quantitative estimate of drug-likeness (QED) is 0.571. The van der Waals surface area contributed by atoms with Gasteiger partial charge < -0.3 is 14.3 Å². The number of carbonyl (C=O) groups excluding carboxylic acids is 2. The van der Waals surface area contributed by atoms with Gasteiger partial charge in [-0.1, -0.05) is 17.3 Å². The number of oxime groups is 1. The number of hydrogen-bond donors (Lipinski definition) is 0. The van der Waals surface area contributed by atoms with Gasteiger partial charge in [0.1, 0.15) is 23.3 Å². The van der Waals surface area contributed by atoms with Gasteiger partial charge in [-0.15, -0.1) is 0 Å². The molecule has 3 saturated heterocycles. The van der Waals surface area contributed by atoms with E-state index in [9.17, 15) is 9.59 Å². The topological polar surface area (TPSA) is 103 Å². The summed E-state index contributed by atoms with van der Waals surface area (Å²) in [6.45, 7) is 0. The second-order valence-electron chi connectivity index (χ2n) is 8.64. The first-order chi connectivity index (χ1) is 16.2. The fourth-order valence-electron chi connectivity index (χ4n) is 5.63. The molecule has 164 valence electrons. The number of rotatable bonds is 3.